The number of carbonyl (C=O) groups excluding carboxylic acids is 1. The maximum absolute atomic E-state index is 11.8. The summed E-state index contributed by atoms with van der Waals surface area (Å²) in [6, 6.07) is 6.20. The average molecular weight is 308 g/mol. The molecule has 8 heteroatoms. The Morgan fingerprint density at radius 1 is 1.26 bits per heavy atom. The molecule has 19 heavy (non-hydrogen) atoms. The predicted octanol–water partition coefficient (Wildman–Crippen LogP) is 2.30. The molecule has 0 atom stereocenters. The van der Waals surface area contributed by atoms with Crippen molar-refractivity contribution in [3.8, 4) is 0 Å². The first kappa shape index (κ1) is 15.8. The monoisotopic (exact) mass is 308 g/mol. The Morgan fingerprint density at radius 2 is 1.79 bits per heavy atom. The summed E-state index contributed by atoms with van der Waals surface area (Å²) in [7, 11) is 0. The Bertz CT molecular complexity index is 460. The van der Waals surface area contributed by atoms with Crippen LogP contribution in [-0.2, 0) is 0 Å². The lowest BCUT2D eigenvalue weighted by Crippen LogP contribution is -2.26. The van der Waals surface area contributed by atoms with E-state index in [0.29, 0.717) is 11.1 Å². The maximum Gasteiger partial charge on any atom is 0.441 e. The molecule has 1 amide bonds. The molecule has 0 aliphatic rings. The molecule has 0 unspecified atom stereocenters. The maximum atomic E-state index is 11.8. The highest BCUT2D eigenvalue weighted by molar-refractivity contribution is 8.00. The fourth-order valence-corrected chi connectivity index (χ4v) is 1.79. The smallest absolute Gasteiger partial charge is 0.389 e. The lowest BCUT2D eigenvalue weighted by Gasteiger charge is -2.07. The minimum Gasteiger partial charge on any atom is -0.389 e. The van der Waals surface area contributed by atoms with Gasteiger partial charge in [0.2, 0.25) is 0 Å². The topological polar surface area (TPSA) is 55.1 Å². The molecule has 0 saturated heterocycles. The van der Waals surface area contributed by atoms with Crippen LogP contribution in [0.3, 0.4) is 0 Å². The van der Waals surface area contributed by atoms with Crippen molar-refractivity contribution in [3.05, 3.63) is 35.4 Å². The van der Waals surface area contributed by atoms with Gasteiger partial charge < -0.3 is 11.1 Å². The van der Waals surface area contributed by atoms with Crippen LogP contribution in [0.2, 0.25) is 0 Å². The number of carbonyl (C=O) groups is 1. The number of rotatable bonds is 5. The molecule has 0 saturated carbocycles. The number of hydrogen-bond acceptors (Lipinski definition) is 3. The van der Waals surface area contributed by atoms with Gasteiger partial charge in [-0.15, -0.1) is 0 Å². The molecule has 0 aliphatic carbocycles. The molecular formula is C11H11F3N2OS2. The van der Waals surface area contributed by atoms with Crippen molar-refractivity contribution in [3.63, 3.8) is 0 Å². The summed E-state index contributed by atoms with van der Waals surface area (Å²) in [5, 5.41) is 2.40. The number of thiocarbonyl (C=S) groups is 1. The lowest BCUT2D eigenvalue weighted by molar-refractivity contribution is -0.0327. The van der Waals surface area contributed by atoms with Crippen LogP contribution in [0.5, 0.6) is 0 Å². The van der Waals surface area contributed by atoms with E-state index >= 15 is 0 Å². The highest BCUT2D eigenvalue weighted by atomic mass is 32.2. The number of hydrogen-bond donors (Lipinski definition) is 2. The Kier molecular flexibility index (Phi) is 5.61. The Balaban J connectivity index is 2.43. The highest BCUT2D eigenvalue weighted by Crippen LogP contribution is 2.29. The summed E-state index contributed by atoms with van der Waals surface area (Å²) >= 11 is 4.59. The SMILES string of the molecule is NC(=S)c1ccc(C(=O)NCCSC(F)(F)F)cc1. The van der Waals surface area contributed by atoms with Crippen molar-refractivity contribution in [2.75, 3.05) is 12.3 Å². The number of thioether (sulfide) groups is 1. The zero-order valence-electron chi connectivity index (χ0n) is 9.66. The molecule has 1 aromatic carbocycles. The molecule has 0 aliphatic heterocycles. The van der Waals surface area contributed by atoms with Crippen molar-refractivity contribution >= 4 is 34.9 Å². The van der Waals surface area contributed by atoms with E-state index in [2.05, 4.69) is 5.32 Å². The molecule has 0 fully saturated rings. The number of halogens is 3. The highest BCUT2D eigenvalue weighted by Gasteiger charge is 2.27. The molecule has 1 aromatic rings. The van der Waals surface area contributed by atoms with Gasteiger partial charge in [0.1, 0.15) is 4.99 Å². The summed E-state index contributed by atoms with van der Waals surface area (Å²) in [5.74, 6) is -0.655. The third kappa shape index (κ3) is 5.93. The molecule has 0 aromatic heterocycles. The molecule has 3 nitrogen and oxygen atoms in total. The summed E-state index contributed by atoms with van der Waals surface area (Å²) in [6.07, 6.45) is 0. The van der Waals surface area contributed by atoms with Crippen LogP contribution >= 0.6 is 24.0 Å². The first-order valence-corrected chi connectivity index (χ1v) is 6.58. The van der Waals surface area contributed by atoms with Gasteiger partial charge in [0.25, 0.3) is 5.91 Å². The summed E-state index contributed by atoms with van der Waals surface area (Å²) in [4.78, 5) is 11.8. The fourth-order valence-electron chi connectivity index (χ4n) is 1.22. The van der Waals surface area contributed by atoms with Crippen LogP contribution in [0.4, 0.5) is 13.2 Å². The van der Waals surface area contributed by atoms with Crippen LogP contribution in [0, 0.1) is 0 Å². The summed E-state index contributed by atoms with van der Waals surface area (Å²) in [5.41, 5.74) is 2.09. The molecule has 3 N–H and O–H groups in total. The van der Waals surface area contributed by atoms with Gasteiger partial charge in [-0.2, -0.15) is 13.2 Å². The van der Waals surface area contributed by atoms with Gasteiger partial charge >= 0.3 is 5.51 Å². The first-order chi connectivity index (χ1) is 8.79. The van der Waals surface area contributed by atoms with E-state index in [1.807, 2.05) is 0 Å². The second-order valence-electron chi connectivity index (χ2n) is 3.49. The van der Waals surface area contributed by atoms with Crippen molar-refractivity contribution in [2.24, 2.45) is 5.73 Å². The van der Waals surface area contributed by atoms with E-state index in [0.717, 1.165) is 0 Å². The van der Waals surface area contributed by atoms with Crippen molar-refractivity contribution in [2.45, 2.75) is 5.51 Å². The van der Waals surface area contributed by atoms with Gasteiger partial charge in [-0.05, 0) is 23.9 Å². The summed E-state index contributed by atoms with van der Waals surface area (Å²) in [6.45, 7) is -0.0555. The number of benzene rings is 1. The van der Waals surface area contributed by atoms with Gasteiger partial charge in [0.15, 0.2) is 0 Å². The predicted molar refractivity (Wildman–Crippen MR) is 73.2 cm³/mol. The van der Waals surface area contributed by atoms with Crippen LogP contribution in [0.15, 0.2) is 24.3 Å². The average Bonchev–Trinajstić information content (AvgIpc) is 2.33. The van der Waals surface area contributed by atoms with Gasteiger partial charge in [-0.25, -0.2) is 0 Å². The third-order valence-electron chi connectivity index (χ3n) is 2.08. The normalized spacial score (nSPS) is 11.1. The van der Waals surface area contributed by atoms with Crippen molar-refractivity contribution in [1.82, 2.24) is 5.32 Å². The Hall–Kier alpha value is -1.28. The fraction of sp³-hybridized carbons (Fsp3) is 0.273. The third-order valence-corrected chi connectivity index (χ3v) is 3.06. The van der Waals surface area contributed by atoms with E-state index in [1.54, 1.807) is 12.1 Å². The van der Waals surface area contributed by atoms with E-state index in [-0.39, 0.29) is 29.0 Å². The van der Waals surface area contributed by atoms with Crippen molar-refractivity contribution < 1.29 is 18.0 Å². The number of amides is 1. The zero-order valence-corrected chi connectivity index (χ0v) is 11.3. The minimum absolute atomic E-state index is 0.0555. The van der Waals surface area contributed by atoms with E-state index in [9.17, 15) is 18.0 Å². The van der Waals surface area contributed by atoms with Gasteiger partial charge in [-0.1, -0.05) is 24.4 Å². The lowest BCUT2D eigenvalue weighted by atomic mass is 10.1. The van der Waals surface area contributed by atoms with Gasteiger partial charge in [0, 0.05) is 23.4 Å². The number of nitrogens with one attached hydrogen (secondary N) is 1. The van der Waals surface area contributed by atoms with Crippen molar-refractivity contribution in [1.29, 1.82) is 0 Å². The van der Waals surface area contributed by atoms with Gasteiger partial charge in [0.05, 0.1) is 0 Å². The quantitative estimate of drug-likeness (QED) is 0.647. The molecule has 0 bridgehead atoms. The number of alkyl halides is 3. The van der Waals surface area contributed by atoms with Crippen LogP contribution in [0.25, 0.3) is 0 Å². The second kappa shape index (κ2) is 6.76. The van der Waals surface area contributed by atoms with E-state index < -0.39 is 11.4 Å². The van der Waals surface area contributed by atoms with Gasteiger partial charge in [-0.3, -0.25) is 4.79 Å². The minimum atomic E-state index is -4.27. The Morgan fingerprint density at radius 3 is 2.26 bits per heavy atom. The van der Waals surface area contributed by atoms with Crippen LogP contribution in [0.1, 0.15) is 15.9 Å². The zero-order chi connectivity index (χ0) is 14.5. The first-order valence-electron chi connectivity index (χ1n) is 5.18. The van der Waals surface area contributed by atoms with Crippen LogP contribution in [-0.4, -0.2) is 28.7 Å². The molecule has 0 heterocycles. The largest absolute Gasteiger partial charge is 0.441 e. The van der Waals surface area contributed by atoms with Crippen LogP contribution < -0.4 is 11.1 Å². The molecule has 104 valence electrons. The second-order valence-corrected chi connectivity index (χ2v) is 5.09. The van der Waals surface area contributed by atoms with E-state index in [4.69, 9.17) is 18.0 Å². The Labute approximate surface area is 117 Å². The summed E-state index contributed by atoms with van der Waals surface area (Å²) < 4.78 is 35.5. The number of nitrogens with two attached hydrogens (primary N) is 1. The standard InChI is InChI=1S/C11H11F3N2OS2/c12-11(13,14)19-6-5-16-10(17)8-3-1-7(2-4-8)9(15)18/h1-4H,5-6H2,(H2,15,18)(H,16,17). The molecule has 1 rings (SSSR count). The molecule has 0 spiro atoms. The van der Waals surface area contributed by atoms with E-state index in [1.165, 1.54) is 12.1 Å². The molecule has 0 radical (unpaired) electrons. The molecular weight excluding hydrogens is 297 g/mol.